The van der Waals surface area contributed by atoms with Crippen molar-refractivity contribution in [3.05, 3.63) is 41.2 Å². The van der Waals surface area contributed by atoms with Gasteiger partial charge in [-0.2, -0.15) is 5.10 Å². The first kappa shape index (κ1) is 14.8. The second-order valence-corrected chi connectivity index (χ2v) is 5.92. The number of benzene rings is 1. The van der Waals surface area contributed by atoms with Gasteiger partial charge in [-0.1, -0.05) is 0 Å². The maximum atomic E-state index is 11.1. The van der Waals surface area contributed by atoms with Crippen molar-refractivity contribution in [2.75, 3.05) is 38.1 Å². The van der Waals surface area contributed by atoms with Crippen LogP contribution in [0.25, 0.3) is 5.69 Å². The number of aromatic nitrogens is 2. The molecule has 1 saturated heterocycles. The third-order valence-corrected chi connectivity index (χ3v) is 4.43. The Kier molecular flexibility index (Phi) is 3.98. The highest BCUT2D eigenvalue weighted by atomic mass is 16.1. The third kappa shape index (κ3) is 2.64. The predicted octanol–water partition coefficient (Wildman–Crippen LogP) is 2.05. The minimum atomic E-state index is 0.683. The van der Waals surface area contributed by atoms with Gasteiger partial charge in [-0.3, -0.25) is 4.79 Å². The first-order chi connectivity index (χ1) is 10.6. The van der Waals surface area contributed by atoms with Gasteiger partial charge in [0.2, 0.25) is 0 Å². The summed E-state index contributed by atoms with van der Waals surface area (Å²) in [5.41, 5.74) is 4.58. The van der Waals surface area contributed by atoms with Crippen molar-refractivity contribution in [3.8, 4) is 5.69 Å². The molecule has 1 aliphatic rings. The average molecular weight is 298 g/mol. The summed E-state index contributed by atoms with van der Waals surface area (Å²) in [6.45, 7) is 8.11. The molecule has 0 unspecified atom stereocenters. The van der Waals surface area contributed by atoms with Crippen molar-refractivity contribution >= 4 is 12.0 Å². The third-order valence-electron chi connectivity index (χ3n) is 4.43. The van der Waals surface area contributed by atoms with Crippen LogP contribution in [-0.2, 0) is 0 Å². The fraction of sp³-hybridized carbons (Fsp3) is 0.412. The van der Waals surface area contributed by atoms with Crippen LogP contribution in [0, 0.1) is 13.8 Å². The quantitative estimate of drug-likeness (QED) is 0.813. The van der Waals surface area contributed by atoms with Crippen molar-refractivity contribution in [3.63, 3.8) is 0 Å². The molecule has 0 N–H and O–H groups in total. The van der Waals surface area contributed by atoms with E-state index in [9.17, 15) is 4.79 Å². The lowest BCUT2D eigenvalue weighted by Crippen LogP contribution is -2.44. The van der Waals surface area contributed by atoms with E-state index in [0.29, 0.717) is 5.56 Å². The van der Waals surface area contributed by atoms with E-state index in [2.05, 4.69) is 46.2 Å². The SMILES string of the molecule is Cc1nn(-c2ccc(N3CCN(C)CC3)cc2)c(C)c1C=O. The summed E-state index contributed by atoms with van der Waals surface area (Å²) < 4.78 is 1.84. The Morgan fingerprint density at radius 2 is 1.59 bits per heavy atom. The average Bonchev–Trinajstić information content (AvgIpc) is 2.82. The minimum Gasteiger partial charge on any atom is -0.369 e. The van der Waals surface area contributed by atoms with Crippen molar-refractivity contribution < 1.29 is 4.79 Å². The molecule has 0 atom stereocenters. The van der Waals surface area contributed by atoms with E-state index in [0.717, 1.165) is 49.5 Å². The number of hydrogen-bond donors (Lipinski definition) is 0. The number of aryl methyl sites for hydroxylation is 1. The number of piperazine rings is 1. The second kappa shape index (κ2) is 5.93. The Balaban J connectivity index is 1.84. The summed E-state index contributed by atoms with van der Waals surface area (Å²) >= 11 is 0. The molecule has 0 bridgehead atoms. The standard InChI is InChI=1S/C17H22N4O/c1-13-17(12-22)14(2)21(18-13)16-6-4-15(5-7-16)20-10-8-19(3)9-11-20/h4-7,12H,8-11H2,1-3H3. The molecule has 0 amide bonds. The second-order valence-electron chi connectivity index (χ2n) is 5.92. The Morgan fingerprint density at radius 3 is 2.14 bits per heavy atom. The highest BCUT2D eigenvalue weighted by Crippen LogP contribution is 2.21. The van der Waals surface area contributed by atoms with Gasteiger partial charge in [-0.15, -0.1) is 0 Å². The summed E-state index contributed by atoms with van der Waals surface area (Å²) in [5, 5.41) is 4.47. The molecule has 1 fully saturated rings. The van der Waals surface area contributed by atoms with Crippen molar-refractivity contribution in [2.45, 2.75) is 13.8 Å². The van der Waals surface area contributed by atoms with E-state index >= 15 is 0 Å². The Bertz CT molecular complexity index is 667. The molecule has 1 aliphatic heterocycles. The van der Waals surface area contributed by atoms with E-state index in [4.69, 9.17) is 0 Å². The molecular formula is C17H22N4O. The molecule has 2 heterocycles. The van der Waals surface area contributed by atoms with Gasteiger partial charge in [0.05, 0.1) is 22.6 Å². The van der Waals surface area contributed by atoms with E-state index in [1.165, 1.54) is 5.69 Å². The topological polar surface area (TPSA) is 41.4 Å². The monoisotopic (exact) mass is 298 g/mol. The predicted molar refractivity (Wildman–Crippen MR) is 88.1 cm³/mol. The van der Waals surface area contributed by atoms with Crippen LogP contribution in [0.2, 0.25) is 0 Å². The number of hydrogen-bond acceptors (Lipinski definition) is 4. The number of carbonyl (C=O) groups is 1. The molecule has 1 aromatic carbocycles. The zero-order valence-corrected chi connectivity index (χ0v) is 13.4. The zero-order chi connectivity index (χ0) is 15.7. The molecule has 0 saturated carbocycles. The van der Waals surface area contributed by atoms with Gasteiger partial charge >= 0.3 is 0 Å². The van der Waals surface area contributed by atoms with Crippen molar-refractivity contribution in [1.29, 1.82) is 0 Å². The Hall–Kier alpha value is -2.14. The lowest BCUT2D eigenvalue weighted by molar-refractivity contribution is 0.112. The molecule has 116 valence electrons. The molecule has 2 aromatic rings. The molecule has 0 radical (unpaired) electrons. The van der Waals surface area contributed by atoms with Crippen LogP contribution in [0.4, 0.5) is 5.69 Å². The summed E-state index contributed by atoms with van der Waals surface area (Å²) in [7, 11) is 2.16. The molecule has 22 heavy (non-hydrogen) atoms. The lowest BCUT2D eigenvalue weighted by atomic mass is 10.2. The van der Waals surface area contributed by atoms with Gasteiger partial charge in [0.15, 0.2) is 6.29 Å². The van der Waals surface area contributed by atoms with Crippen LogP contribution in [0.1, 0.15) is 21.7 Å². The maximum absolute atomic E-state index is 11.1. The zero-order valence-electron chi connectivity index (χ0n) is 13.4. The maximum Gasteiger partial charge on any atom is 0.153 e. The molecular weight excluding hydrogens is 276 g/mol. The first-order valence-electron chi connectivity index (χ1n) is 7.65. The lowest BCUT2D eigenvalue weighted by Gasteiger charge is -2.34. The van der Waals surface area contributed by atoms with Crippen LogP contribution in [0.5, 0.6) is 0 Å². The van der Waals surface area contributed by atoms with Crippen molar-refractivity contribution in [1.82, 2.24) is 14.7 Å². The summed E-state index contributed by atoms with van der Waals surface area (Å²) in [5.74, 6) is 0. The van der Waals surface area contributed by atoms with E-state index in [1.54, 1.807) is 0 Å². The summed E-state index contributed by atoms with van der Waals surface area (Å²) in [4.78, 5) is 15.9. The van der Waals surface area contributed by atoms with Gasteiger partial charge in [0.1, 0.15) is 0 Å². The van der Waals surface area contributed by atoms with Gasteiger partial charge in [-0.05, 0) is 45.2 Å². The molecule has 0 spiro atoms. The molecule has 3 rings (SSSR count). The Morgan fingerprint density at radius 1 is 1.00 bits per heavy atom. The van der Waals surface area contributed by atoms with E-state index < -0.39 is 0 Å². The molecule has 1 aromatic heterocycles. The van der Waals surface area contributed by atoms with Gasteiger partial charge in [0.25, 0.3) is 0 Å². The molecule has 5 nitrogen and oxygen atoms in total. The van der Waals surface area contributed by atoms with Crippen LogP contribution >= 0.6 is 0 Å². The van der Waals surface area contributed by atoms with Crippen LogP contribution < -0.4 is 4.90 Å². The normalized spacial score (nSPS) is 16.0. The highest BCUT2D eigenvalue weighted by molar-refractivity contribution is 5.78. The summed E-state index contributed by atoms with van der Waals surface area (Å²) in [6, 6.07) is 8.42. The highest BCUT2D eigenvalue weighted by Gasteiger charge is 2.15. The smallest absolute Gasteiger partial charge is 0.153 e. The van der Waals surface area contributed by atoms with Crippen LogP contribution in [0.3, 0.4) is 0 Å². The molecule has 5 heteroatoms. The fourth-order valence-corrected chi connectivity index (χ4v) is 2.95. The van der Waals surface area contributed by atoms with Gasteiger partial charge < -0.3 is 9.80 Å². The fourth-order valence-electron chi connectivity index (χ4n) is 2.95. The molecule has 0 aliphatic carbocycles. The Labute approximate surface area is 131 Å². The number of carbonyl (C=O) groups excluding carboxylic acids is 1. The number of aldehydes is 1. The first-order valence-corrected chi connectivity index (χ1v) is 7.65. The van der Waals surface area contributed by atoms with Gasteiger partial charge in [-0.25, -0.2) is 4.68 Å². The minimum absolute atomic E-state index is 0.683. The number of anilines is 1. The number of rotatable bonds is 3. The van der Waals surface area contributed by atoms with E-state index in [1.807, 2.05) is 18.5 Å². The largest absolute Gasteiger partial charge is 0.369 e. The number of nitrogens with zero attached hydrogens (tertiary/aromatic N) is 4. The van der Waals surface area contributed by atoms with E-state index in [-0.39, 0.29) is 0 Å². The van der Waals surface area contributed by atoms with Crippen LogP contribution in [-0.4, -0.2) is 54.2 Å². The number of likely N-dealkylation sites (N-methyl/N-ethyl adjacent to an activating group) is 1. The summed E-state index contributed by atoms with van der Waals surface area (Å²) in [6.07, 6.45) is 0.882. The van der Waals surface area contributed by atoms with Crippen LogP contribution in [0.15, 0.2) is 24.3 Å². The van der Waals surface area contributed by atoms with Crippen molar-refractivity contribution in [2.24, 2.45) is 0 Å². The van der Waals surface area contributed by atoms with Gasteiger partial charge in [0, 0.05) is 31.9 Å².